The molecule has 2 heterocycles. The summed E-state index contributed by atoms with van der Waals surface area (Å²) in [5.74, 6) is 2.43. The summed E-state index contributed by atoms with van der Waals surface area (Å²) in [6.45, 7) is 11.6. The van der Waals surface area contributed by atoms with Crippen molar-refractivity contribution in [1.82, 2.24) is 9.80 Å². The van der Waals surface area contributed by atoms with Crippen LogP contribution in [0.4, 0.5) is 0 Å². The van der Waals surface area contributed by atoms with Crippen molar-refractivity contribution in [2.75, 3.05) is 32.7 Å². The van der Waals surface area contributed by atoms with Gasteiger partial charge in [-0.15, -0.1) is 0 Å². The highest BCUT2D eigenvalue weighted by atomic mass is 16.2. The molecule has 2 aliphatic heterocycles. The highest BCUT2D eigenvalue weighted by molar-refractivity contribution is 5.78. The largest absolute Gasteiger partial charge is 0.341 e. The molecule has 18 heavy (non-hydrogen) atoms. The summed E-state index contributed by atoms with van der Waals surface area (Å²) in [7, 11) is 0. The Morgan fingerprint density at radius 3 is 2.33 bits per heavy atom. The number of carbonyl (C=O) groups is 1. The molecule has 3 heteroatoms. The van der Waals surface area contributed by atoms with Crippen molar-refractivity contribution in [1.29, 1.82) is 0 Å². The van der Waals surface area contributed by atoms with E-state index < -0.39 is 0 Å². The zero-order valence-corrected chi connectivity index (χ0v) is 12.2. The smallest absolute Gasteiger partial charge is 0.236 e. The van der Waals surface area contributed by atoms with Gasteiger partial charge in [-0.1, -0.05) is 20.8 Å². The van der Waals surface area contributed by atoms with Gasteiger partial charge < -0.3 is 4.90 Å². The molecule has 0 aromatic heterocycles. The summed E-state index contributed by atoms with van der Waals surface area (Å²) in [5.41, 5.74) is 0. The zero-order valence-electron chi connectivity index (χ0n) is 12.2. The number of carbonyl (C=O) groups excluding carboxylic acids is 1. The third kappa shape index (κ3) is 3.71. The van der Waals surface area contributed by atoms with Gasteiger partial charge in [0, 0.05) is 19.6 Å². The Balaban J connectivity index is 1.83. The first-order chi connectivity index (χ1) is 8.54. The van der Waals surface area contributed by atoms with Crippen LogP contribution in [0.15, 0.2) is 0 Å². The summed E-state index contributed by atoms with van der Waals surface area (Å²) in [5, 5.41) is 0. The molecule has 0 aromatic rings. The van der Waals surface area contributed by atoms with Gasteiger partial charge in [0.15, 0.2) is 0 Å². The topological polar surface area (TPSA) is 23.6 Å². The van der Waals surface area contributed by atoms with Gasteiger partial charge in [0.25, 0.3) is 0 Å². The lowest BCUT2D eigenvalue weighted by atomic mass is 9.92. The number of hydrogen-bond acceptors (Lipinski definition) is 2. The normalized spacial score (nSPS) is 34.6. The summed E-state index contributed by atoms with van der Waals surface area (Å²) in [6, 6.07) is 0. The Morgan fingerprint density at radius 2 is 1.72 bits per heavy atom. The predicted molar refractivity (Wildman–Crippen MR) is 74.4 cm³/mol. The molecule has 0 bridgehead atoms. The highest BCUT2D eigenvalue weighted by Gasteiger charge is 2.27. The lowest BCUT2D eigenvalue weighted by Gasteiger charge is -2.37. The summed E-state index contributed by atoms with van der Waals surface area (Å²) < 4.78 is 0. The Labute approximate surface area is 112 Å². The van der Waals surface area contributed by atoms with Gasteiger partial charge in [0.05, 0.1) is 6.54 Å². The molecule has 3 unspecified atom stereocenters. The Bertz CT molecular complexity index is 282. The number of amides is 1. The van der Waals surface area contributed by atoms with Crippen LogP contribution in [-0.2, 0) is 4.79 Å². The van der Waals surface area contributed by atoms with Gasteiger partial charge in [-0.05, 0) is 43.6 Å². The lowest BCUT2D eigenvalue weighted by molar-refractivity contribution is -0.135. The maximum absolute atomic E-state index is 12.3. The Kier molecular flexibility index (Phi) is 4.66. The second-order valence-corrected chi connectivity index (χ2v) is 6.73. The minimum absolute atomic E-state index is 0.350. The van der Waals surface area contributed by atoms with Crippen LogP contribution in [0.3, 0.4) is 0 Å². The molecular formula is C15H28N2O. The standard InChI is InChI=1S/C15H28N2O/c1-12-5-4-6-16(8-12)11-15(18)17-9-13(2)7-14(3)10-17/h12-14H,4-11H2,1-3H3. The van der Waals surface area contributed by atoms with Crippen LogP contribution in [0.25, 0.3) is 0 Å². The number of likely N-dealkylation sites (tertiary alicyclic amines) is 2. The molecule has 1 amide bonds. The first-order valence-electron chi connectivity index (χ1n) is 7.54. The number of hydrogen-bond donors (Lipinski definition) is 0. The van der Waals surface area contributed by atoms with E-state index in [-0.39, 0.29) is 0 Å². The average Bonchev–Trinajstić information content (AvgIpc) is 2.27. The van der Waals surface area contributed by atoms with Crippen LogP contribution in [0.5, 0.6) is 0 Å². The number of nitrogens with zero attached hydrogens (tertiary/aromatic N) is 2. The van der Waals surface area contributed by atoms with Crippen LogP contribution in [0, 0.1) is 17.8 Å². The maximum Gasteiger partial charge on any atom is 0.236 e. The molecule has 2 rings (SSSR count). The van der Waals surface area contributed by atoms with E-state index in [2.05, 4.69) is 30.6 Å². The van der Waals surface area contributed by atoms with Crippen molar-refractivity contribution in [3.05, 3.63) is 0 Å². The van der Waals surface area contributed by atoms with E-state index in [1.165, 1.54) is 19.3 Å². The van der Waals surface area contributed by atoms with E-state index in [0.29, 0.717) is 24.3 Å². The van der Waals surface area contributed by atoms with E-state index in [0.717, 1.165) is 32.1 Å². The molecule has 3 nitrogen and oxygen atoms in total. The fourth-order valence-corrected chi connectivity index (χ4v) is 3.59. The minimum atomic E-state index is 0.350. The molecule has 0 spiro atoms. The Hall–Kier alpha value is -0.570. The molecule has 0 radical (unpaired) electrons. The fraction of sp³-hybridized carbons (Fsp3) is 0.933. The van der Waals surface area contributed by atoms with Crippen LogP contribution in [0.2, 0.25) is 0 Å². The fourth-order valence-electron chi connectivity index (χ4n) is 3.59. The van der Waals surface area contributed by atoms with Gasteiger partial charge in [0.2, 0.25) is 5.91 Å². The first kappa shape index (κ1) is 13.9. The molecular weight excluding hydrogens is 224 g/mol. The van der Waals surface area contributed by atoms with Gasteiger partial charge in [0.1, 0.15) is 0 Å². The van der Waals surface area contributed by atoms with Crippen molar-refractivity contribution >= 4 is 5.91 Å². The summed E-state index contributed by atoms with van der Waals surface area (Å²) >= 11 is 0. The van der Waals surface area contributed by atoms with E-state index in [4.69, 9.17) is 0 Å². The van der Waals surface area contributed by atoms with E-state index in [1.807, 2.05) is 0 Å². The van der Waals surface area contributed by atoms with Gasteiger partial charge in [-0.3, -0.25) is 9.69 Å². The second-order valence-electron chi connectivity index (χ2n) is 6.73. The lowest BCUT2D eigenvalue weighted by Crippen LogP contribution is -2.48. The van der Waals surface area contributed by atoms with Crippen LogP contribution in [0.1, 0.15) is 40.0 Å². The van der Waals surface area contributed by atoms with E-state index in [9.17, 15) is 4.79 Å². The van der Waals surface area contributed by atoms with Crippen molar-refractivity contribution < 1.29 is 4.79 Å². The number of rotatable bonds is 2. The predicted octanol–water partition coefficient (Wildman–Crippen LogP) is 2.22. The molecule has 0 aromatic carbocycles. The maximum atomic E-state index is 12.3. The van der Waals surface area contributed by atoms with E-state index in [1.54, 1.807) is 0 Å². The van der Waals surface area contributed by atoms with Crippen molar-refractivity contribution in [2.24, 2.45) is 17.8 Å². The molecule has 104 valence electrons. The average molecular weight is 252 g/mol. The zero-order chi connectivity index (χ0) is 13.1. The van der Waals surface area contributed by atoms with E-state index >= 15 is 0 Å². The molecule has 0 saturated carbocycles. The summed E-state index contributed by atoms with van der Waals surface area (Å²) in [4.78, 5) is 16.8. The Morgan fingerprint density at radius 1 is 1.06 bits per heavy atom. The van der Waals surface area contributed by atoms with Crippen LogP contribution in [-0.4, -0.2) is 48.4 Å². The van der Waals surface area contributed by atoms with Crippen molar-refractivity contribution in [2.45, 2.75) is 40.0 Å². The molecule has 2 fully saturated rings. The molecule has 0 N–H and O–H groups in total. The van der Waals surface area contributed by atoms with Crippen LogP contribution >= 0.6 is 0 Å². The minimum Gasteiger partial charge on any atom is -0.341 e. The van der Waals surface area contributed by atoms with Crippen molar-refractivity contribution in [3.8, 4) is 0 Å². The SMILES string of the molecule is CC1CCCN(CC(=O)N2CC(C)CC(C)C2)C1. The van der Waals surface area contributed by atoms with Crippen LogP contribution < -0.4 is 0 Å². The quantitative estimate of drug-likeness (QED) is 0.752. The monoisotopic (exact) mass is 252 g/mol. The summed E-state index contributed by atoms with van der Waals surface area (Å²) in [6.07, 6.45) is 3.84. The second kappa shape index (κ2) is 6.05. The molecule has 3 atom stereocenters. The van der Waals surface area contributed by atoms with Crippen molar-refractivity contribution in [3.63, 3.8) is 0 Å². The van der Waals surface area contributed by atoms with Gasteiger partial charge in [-0.2, -0.15) is 0 Å². The molecule has 2 aliphatic rings. The molecule has 0 aliphatic carbocycles. The first-order valence-corrected chi connectivity index (χ1v) is 7.54. The van der Waals surface area contributed by atoms with Gasteiger partial charge in [-0.25, -0.2) is 0 Å². The highest BCUT2D eigenvalue weighted by Crippen LogP contribution is 2.21. The third-order valence-electron chi connectivity index (χ3n) is 4.32. The van der Waals surface area contributed by atoms with Gasteiger partial charge >= 0.3 is 0 Å². The third-order valence-corrected chi connectivity index (χ3v) is 4.32. The molecule has 2 saturated heterocycles. The number of piperidine rings is 2.